The number of ether oxygens (including phenoxy) is 1. The van der Waals surface area contributed by atoms with Gasteiger partial charge in [-0.15, -0.1) is 12.3 Å². The van der Waals surface area contributed by atoms with E-state index in [0.29, 0.717) is 0 Å². The van der Waals surface area contributed by atoms with E-state index in [1.807, 2.05) is 6.07 Å². The Balaban J connectivity index is 2.04. The van der Waals surface area contributed by atoms with Crippen molar-refractivity contribution in [3.05, 3.63) is 71.3 Å². The fourth-order valence-electron chi connectivity index (χ4n) is 2.11. The van der Waals surface area contributed by atoms with E-state index in [9.17, 15) is 18.4 Å². The molecule has 128 valence electrons. The number of hydrogen-bond acceptors (Lipinski definition) is 3. The van der Waals surface area contributed by atoms with E-state index >= 15 is 0 Å². The highest BCUT2D eigenvalue weighted by molar-refractivity contribution is 6.01. The van der Waals surface area contributed by atoms with Gasteiger partial charge in [-0.05, 0) is 23.8 Å². The highest BCUT2D eigenvalue weighted by Gasteiger charge is 2.25. The van der Waals surface area contributed by atoms with Crippen LogP contribution in [0.5, 0.6) is 0 Å². The van der Waals surface area contributed by atoms with E-state index < -0.39 is 35.1 Å². The van der Waals surface area contributed by atoms with E-state index in [1.54, 1.807) is 24.3 Å². The fraction of sp³-hybridized carbons (Fsp3) is 0.158. The molecule has 0 heterocycles. The van der Waals surface area contributed by atoms with E-state index in [2.05, 4.69) is 11.2 Å². The maximum absolute atomic E-state index is 13.7. The second-order valence-electron chi connectivity index (χ2n) is 5.16. The van der Waals surface area contributed by atoms with Gasteiger partial charge in [0.15, 0.2) is 5.78 Å². The molecule has 0 bridgehead atoms. The summed E-state index contributed by atoms with van der Waals surface area (Å²) in [5, 5.41) is 2.29. The maximum Gasteiger partial charge on any atom is 0.408 e. The Morgan fingerprint density at radius 1 is 1.16 bits per heavy atom. The highest BCUT2D eigenvalue weighted by atomic mass is 19.1. The monoisotopic (exact) mass is 343 g/mol. The molecule has 0 aromatic heterocycles. The zero-order chi connectivity index (χ0) is 18.2. The average Bonchev–Trinajstić information content (AvgIpc) is 2.62. The number of carbonyl (C=O) groups excluding carboxylic acids is 2. The van der Waals surface area contributed by atoms with Crippen LogP contribution in [0.2, 0.25) is 0 Å². The zero-order valence-electron chi connectivity index (χ0n) is 13.2. The lowest BCUT2D eigenvalue weighted by atomic mass is 10.0. The third-order valence-corrected chi connectivity index (χ3v) is 3.34. The summed E-state index contributed by atoms with van der Waals surface area (Å²) < 4.78 is 32.0. The molecule has 0 spiro atoms. The quantitative estimate of drug-likeness (QED) is 0.645. The van der Waals surface area contributed by atoms with E-state index in [0.717, 1.165) is 23.8 Å². The van der Waals surface area contributed by atoms with Crippen LogP contribution in [0.4, 0.5) is 13.6 Å². The summed E-state index contributed by atoms with van der Waals surface area (Å²) in [6, 6.07) is 10.2. The molecular weight excluding hydrogens is 328 g/mol. The molecule has 6 heteroatoms. The smallest absolute Gasteiger partial charge is 0.408 e. The molecule has 25 heavy (non-hydrogen) atoms. The molecule has 0 aliphatic carbocycles. The van der Waals surface area contributed by atoms with Crippen LogP contribution in [-0.4, -0.2) is 17.9 Å². The molecule has 0 radical (unpaired) electrons. The topological polar surface area (TPSA) is 55.4 Å². The highest BCUT2D eigenvalue weighted by Crippen LogP contribution is 2.13. The molecule has 0 aliphatic rings. The molecule has 4 nitrogen and oxygen atoms in total. The number of alkyl carbamates (subject to hydrolysis) is 1. The number of carbonyl (C=O) groups is 2. The minimum Gasteiger partial charge on any atom is -0.445 e. The second kappa shape index (κ2) is 8.60. The largest absolute Gasteiger partial charge is 0.445 e. The molecule has 0 fully saturated rings. The van der Waals surface area contributed by atoms with Crippen LogP contribution >= 0.6 is 0 Å². The van der Waals surface area contributed by atoms with Crippen molar-refractivity contribution in [3.63, 3.8) is 0 Å². The predicted molar refractivity (Wildman–Crippen MR) is 87.7 cm³/mol. The summed E-state index contributed by atoms with van der Waals surface area (Å²) in [5.74, 6) is -0.266. The number of nitrogens with one attached hydrogen (secondary N) is 1. The molecule has 2 aromatic rings. The van der Waals surface area contributed by atoms with Gasteiger partial charge in [-0.25, -0.2) is 13.6 Å². The van der Waals surface area contributed by atoms with Crippen LogP contribution in [0.25, 0.3) is 0 Å². The van der Waals surface area contributed by atoms with Gasteiger partial charge in [-0.1, -0.05) is 30.3 Å². The summed E-state index contributed by atoms with van der Waals surface area (Å²) >= 11 is 0. The summed E-state index contributed by atoms with van der Waals surface area (Å²) in [6.07, 6.45) is 4.13. The molecule has 1 unspecified atom stereocenters. The van der Waals surface area contributed by atoms with Gasteiger partial charge < -0.3 is 10.1 Å². The predicted octanol–water partition coefficient (Wildman–Crippen LogP) is 3.47. The van der Waals surface area contributed by atoms with Gasteiger partial charge in [0.1, 0.15) is 24.3 Å². The molecule has 1 atom stereocenters. The van der Waals surface area contributed by atoms with Crippen molar-refractivity contribution in [3.8, 4) is 12.3 Å². The van der Waals surface area contributed by atoms with Gasteiger partial charge >= 0.3 is 6.09 Å². The first kappa shape index (κ1) is 18.1. The number of halogens is 2. The summed E-state index contributed by atoms with van der Waals surface area (Å²) in [6.45, 7) is -0.00202. The molecule has 0 saturated carbocycles. The average molecular weight is 343 g/mol. The van der Waals surface area contributed by atoms with E-state index in [1.165, 1.54) is 0 Å². The third kappa shape index (κ3) is 5.15. The first-order valence-electron chi connectivity index (χ1n) is 7.41. The maximum atomic E-state index is 13.7. The summed E-state index contributed by atoms with van der Waals surface area (Å²) in [7, 11) is 0. The first-order chi connectivity index (χ1) is 12.0. The van der Waals surface area contributed by atoms with Crippen LogP contribution in [0, 0.1) is 24.0 Å². The van der Waals surface area contributed by atoms with Crippen molar-refractivity contribution in [2.45, 2.75) is 19.1 Å². The minimum absolute atomic E-state index is 0.00202. The minimum atomic E-state index is -1.22. The van der Waals surface area contributed by atoms with Crippen LogP contribution in [0.15, 0.2) is 48.5 Å². The van der Waals surface area contributed by atoms with Gasteiger partial charge in [0, 0.05) is 6.42 Å². The normalized spacial score (nSPS) is 11.2. The number of benzene rings is 2. The zero-order valence-corrected chi connectivity index (χ0v) is 13.2. The number of amides is 1. The number of Topliss-reactive ketones (excluding diaryl/α,β-unsaturated/α-hetero) is 1. The molecule has 2 aromatic carbocycles. The lowest BCUT2D eigenvalue weighted by Gasteiger charge is -2.16. The lowest BCUT2D eigenvalue weighted by molar-refractivity contribution is 0.0915. The molecule has 0 saturated heterocycles. The van der Waals surface area contributed by atoms with Gasteiger partial charge in [0.05, 0.1) is 5.56 Å². The Hall–Kier alpha value is -3.20. The third-order valence-electron chi connectivity index (χ3n) is 3.34. The van der Waals surface area contributed by atoms with Crippen molar-refractivity contribution >= 4 is 11.9 Å². The van der Waals surface area contributed by atoms with E-state index in [4.69, 9.17) is 11.2 Å². The Morgan fingerprint density at radius 3 is 2.56 bits per heavy atom. The van der Waals surface area contributed by atoms with Gasteiger partial charge in [0.2, 0.25) is 0 Å². The Morgan fingerprint density at radius 2 is 1.88 bits per heavy atom. The molecule has 0 aliphatic heterocycles. The van der Waals surface area contributed by atoms with Crippen molar-refractivity contribution in [1.29, 1.82) is 0 Å². The first-order valence-corrected chi connectivity index (χ1v) is 7.41. The SMILES string of the molecule is C#CCC(NC(=O)OCc1ccccc1)C(=O)c1cc(F)ccc1F. The van der Waals surface area contributed by atoms with Gasteiger partial charge in [-0.3, -0.25) is 4.79 Å². The molecule has 1 amide bonds. The van der Waals surface area contributed by atoms with Crippen LogP contribution in [0.3, 0.4) is 0 Å². The molecule has 2 rings (SSSR count). The van der Waals surface area contributed by atoms with Crippen LogP contribution < -0.4 is 5.32 Å². The van der Waals surface area contributed by atoms with Gasteiger partial charge in [-0.2, -0.15) is 0 Å². The van der Waals surface area contributed by atoms with Gasteiger partial charge in [0.25, 0.3) is 0 Å². The Bertz CT molecular complexity index is 800. The number of hydrogen-bond donors (Lipinski definition) is 1. The Kier molecular flexibility index (Phi) is 6.24. The van der Waals surface area contributed by atoms with Crippen molar-refractivity contribution in [2.24, 2.45) is 0 Å². The second-order valence-corrected chi connectivity index (χ2v) is 5.16. The molecular formula is C19H15F2NO3. The summed E-state index contributed by atoms with van der Waals surface area (Å²) in [5.41, 5.74) is 0.275. The lowest BCUT2D eigenvalue weighted by Crippen LogP contribution is -2.41. The van der Waals surface area contributed by atoms with Crippen LogP contribution in [0.1, 0.15) is 22.3 Å². The number of rotatable bonds is 6. The standard InChI is InChI=1S/C19H15F2NO3/c1-2-6-17(18(23)15-11-14(20)9-10-16(15)21)22-19(24)25-12-13-7-4-3-5-8-13/h1,3-5,7-11,17H,6,12H2,(H,22,24). The number of ketones is 1. The number of terminal acetylenes is 1. The molecule has 1 N–H and O–H groups in total. The summed E-state index contributed by atoms with van der Waals surface area (Å²) in [4.78, 5) is 24.2. The van der Waals surface area contributed by atoms with Crippen molar-refractivity contribution in [1.82, 2.24) is 5.32 Å². The fourth-order valence-corrected chi connectivity index (χ4v) is 2.11. The van der Waals surface area contributed by atoms with Crippen LogP contribution in [-0.2, 0) is 11.3 Å². The van der Waals surface area contributed by atoms with E-state index in [-0.39, 0.29) is 13.0 Å². The van der Waals surface area contributed by atoms with Crippen molar-refractivity contribution < 1.29 is 23.1 Å². The Labute approximate surface area is 143 Å². The van der Waals surface area contributed by atoms with Crippen molar-refractivity contribution in [2.75, 3.05) is 0 Å².